The van der Waals surface area contributed by atoms with Crippen LogP contribution in [-0.2, 0) is 4.79 Å². The molecule has 2 N–H and O–H groups in total. The molecule has 3 fully saturated rings. The molecule has 0 spiro atoms. The van der Waals surface area contributed by atoms with E-state index in [2.05, 4.69) is 34.5 Å². The van der Waals surface area contributed by atoms with Crippen molar-refractivity contribution >= 4 is 5.91 Å². The Morgan fingerprint density at radius 3 is 3.05 bits per heavy atom. The molecule has 0 radical (unpaired) electrons. The highest BCUT2D eigenvalue weighted by atomic mass is 16.2. The number of piperazine rings is 1. The van der Waals surface area contributed by atoms with Crippen LogP contribution in [0.25, 0.3) is 0 Å². The number of fused-ring (bicyclic) bond motifs is 1. The summed E-state index contributed by atoms with van der Waals surface area (Å²) in [7, 11) is 4.33. The van der Waals surface area contributed by atoms with E-state index in [0.29, 0.717) is 17.9 Å². The Hall–Kier alpha value is -0.650. The van der Waals surface area contributed by atoms with Crippen molar-refractivity contribution in [3.05, 3.63) is 0 Å². The van der Waals surface area contributed by atoms with Gasteiger partial charge in [0.15, 0.2) is 0 Å². The van der Waals surface area contributed by atoms with E-state index in [4.69, 9.17) is 0 Å². The van der Waals surface area contributed by atoms with Crippen LogP contribution < -0.4 is 10.6 Å². The highest BCUT2D eigenvalue weighted by molar-refractivity contribution is 5.84. The number of carbonyl (C=O) groups is 1. The zero-order valence-electron chi connectivity index (χ0n) is 13.5. The Labute approximate surface area is 128 Å². The Bertz CT molecular complexity index is 388. The average Bonchev–Trinajstić information content (AvgIpc) is 2.93. The van der Waals surface area contributed by atoms with Crippen LogP contribution in [0.4, 0.5) is 0 Å². The SMILES string of the molecule is CN1CCN(C)C(CNC(=O)[C@@]23CCCC[C@H]2CNC3)C1. The molecule has 3 aliphatic rings. The lowest BCUT2D eigenvalue weighted by Crippen LogP contribution is -2.56. The number of rotatable bonds is 3. The van der Waals surface area contributed by atoms with Gasteiger partial charge in [0.25, 0.3) is 0 Å². The lowest BCUT2D eigenvalue weighted by Gasteiger charge is -2.40. The topological polar surface area (TPSA) is 47.6 Å². The van der Waals surface area contributed by atoms with Gasteiger partial charge in [0.1, 0.15) is 0 Å². The second-order valence-corrected chi connectivity index (χ2v) is 7.34. The molecule has 3 rings (SSSR count). The highest BCUT2D eigenvalue weighted by Crippen LogP contribution is 2.43. The molecular weight excluding hydrogens is 264 g/mol. The molecule has 1 unspecified atom stereocenters. The van der Waals surface area contributed by atoms with Gasteiger partial charge in [0, 0.05) is 38.8 Å². The molecule has 1 aliphatic carbocycles. The van der Waals surface area contributed by atoms with Gasteiger partial charge in [-0.1, -0.05) is 12.8 Å². The van der Waals surface area contributed by atoms with Crippen molar-refractivity contribution in [1.82, 2.24) is 20.4 Å². The molecule has 2 heterocycles. The van der Waals surface area contributed by atoms with Gasteiger partial charge in [-0.3, -0.25) is 9.69 Å². The first-order valence-corrected chi connectivity index (χ1v) is 8.49. The summed E-state index contributed by atoms with van der Waals surface area (Å²) in [5.74, 6) is 0.858. The summed E-state index contributed by atoms with van der Waals surface area (Å²) >= 11 is 0. The maximum atomic E-state index is 12.8. The molecule has 120 valence electrons. The van der Waals surface area contributed by atoms with Crippen LogP contribution in [0.5, 0.6) is 0 Å². The highest BCUT2D eigenvalue weighted by Gasteiger charge is 2.49. The summed E-state index contributed by atoms with van der Waals surface area (Å²) in [5.41, 5.74) is -0.114. The second-order valence-electron chi connectivity index (χ2n) is 7.34. The number of amides is 1. The minimum atomic E-state index is -0.114. The molecule has 1 saturated carbocycles. The molecular formula is C16H30N4O. The smallest absolute Gasteiger partial charge is 0.227 e. The van der Waals surface area contributed by atoms with Gasteiger partial charge >= 0.3 is 0 Å². The second kappa shape index (κ2) is 6.23. The molecule has 0 aromatic rings. The van der Waals surface area contributed by atoms with Gasteiger partial charge < -0.3 is 15.5 Å². The van der Waals surface area contributed by atoms with E-state index in [-0.39, 0.29) is 5.41 Å². The van der Waals surface area contributed by atoms with Crippen LogP contribution in [0.15, 0.2) is 0 Å². The third kappa shape index (κ3) is 2.96. The molecule has 1 amide bonds. The summed E-state index contributed by atoms with van der Waals surface area (Å²) < 4.78 is 0. The van der Waals surface area contributed by atoms with Gasteiger partial charge in [-0.15, -0.1) is 0 Å². The van der Waals surface area contributed by atoms with E-state index in [9.17, 15) is 4.79 Å². The number of nitrogens with zero attached hydrogens (tertiary/aromatic N) is 2. The minimum absolute atomic E-state index is 0.114. The zero-order valence-corrected chi connectivity index (χ0v) is 13.5. The monoisotopic (exact) mass is 294 g/mol. The maximum absolute atomic E-state index is 12.8. The molecule has 0 aromatic heterocycles. The van der Waals surface area contributed by atoms with Crippen molar-refractivity contribution in [2.75, 3.05) is 53.4 Å². The summed E-state index contributed by atoms with van der Waals surface area (Å²) in [6.45, 7) is 5.95. The van der Waals surface area contributed by atoms with Gasteiger partial charge in [0.05, 0.1) is 5.41 Å². The van der Waals surface area contributed by atoms with Crippen LogP contribution in [0.1, 0.15) is 25.7 Å². The molecule has 21 heavy (non-hydrogen) atoms. The molecule has 0 aromatic carbocycles. The van der Waals surface area contributed by atoms with Crippen molar-refractivity contribution < 1.29 is 4.79 Å². The first kappa shape index (κ1) is 15.3. The average molecular weight is 294 g/mol. The van der Waals surface area contributed by atoms with Crippen LogP contribution in [0.2, 0.25) is 0 Å². The van der Waals surface area contributed by atoms with Crippen molar-refractivity contribution in [1.29, 1.82) is 0 Å². The Morgan fingerprint density at radius 1 is 1.33 bits per heavy atom. The van der Waals surface area contributed by atoms with Crippen LogP contribution in [0.3, 0.4) is 0 Å². The first-order valence-electron chi connectivity index (χ1n) is 8.49. The van der Waals surface area contributed by atoms with Gasteiger partial charge in [0.2, 0.25) is 5.91 Å². The molecule has 2 saturated heterocycles. The third-order valence-electron chi connectivity index (χ3n) is 5.97. The number of hydrogen-bond donors (Lipinski definition) is 2. The quantitative estimate of drug-likeness (QED) is 0.777. The first-order chi connectivity index (χ1) is 10.1. The fourth-order valence-corrected chi connectivity index (χ4v) is 4.40. The number of nitrogens with one attached hydrogen (secondary N) is 2. The largest absolute Gasteiger partial charge is 0.354 e. The van der Waals surface area contributed by atoms with Crippen molar-refractivity contribution in [3.63, 3.8) is 0 Å². The molecule has 5 heteroatoms. The van der Waals surface area contributed by atoms with E-state index >= 15 is 0 Å². The van der Waals surface area contributed by atoms with Gasteiger partial charge in [-0.2, -0.15) is 0 Å². The summed E-state index contributed by atoms with van der Waals surface area (Å²) in [5, 5.41) is 6.75. The predicted octanol–water partition coefficient (Wildman–Crippen LogP) is 0.128. The van der Waals surface area contributed by atoms with Gasteiger partial charge in [-0.25, -0.2) is 0 Å². The normalized spacial score (nSPS) is 38.2. The van der Waals surface area contributed by atoms with Crippen LogP contribution >= 0.6 is 0 Å². The summed E-state index contributed by atoms with van der Waals surface area (Å²) in [6.07, 6.45) is 4.78. The fraction of sp³-hybridized carbons (Fsp3) is 0.938. The summed E-state index contributed by atoms with van der Waals surface area (Å²) in [6, 6.07) is 0.445. The Kier molecular flexibility index (Phi) is 4.52. The number of hydrogen-bond acceptors (Lipinski definition) is 4. The van der Waals surface area contributed by atoms with E-state index in [1.807, 2.05) is 0 Å². The molecule has 3 atom stereocenters. The zero-order chi connectivity index (χ0) is 14.9. The Balaban J connectivity index is 1.58. The molecule has 0 bridgehead atoms. The van der Waals surface area contributed by atoms with Crippen molar-refractivity contribution in [2.45, 2.75) is 31.7 Å². The number of likely N-dealkylation sites (N-methyl/N-ethyl adjacent to an activating group) is 2. The van der Waals surface area contributed by atoms with E-state index in [1.165, 1.54) is 19.3 Å². The standard InChI is InChI=1S/C16H30N4O/c1-19-7-8-20(2)14(11-19)10-18-15(21)16-6-4-3-5-13(16)9-17-12-16/h13-14,17H,3-12H2,1-2H3,(H,18,21)/t13-,14?,16+/m0/s1. The van der Waals surface area contributed by atoms with E-state index < -0.39 is 0 Å². The summed E-state index contributed by atoms with van der Waals surface area (Å²) in [4.78, 5) is 17.6. The molecule has 5 nitrogen and oxygen atoms in total. The van der Waals surface area contributed by atoms with E-state index in [0.717, 1.165) is 45.7 Å². The maximum Gasteiger partial charge on any atom is 0.227 e. The van der Waals surface area contributed by atoms with Crippen molar-refractivity contribution in [2.24, 2.45) is 11.3 Å². The third-order valence-corrected chi connectivity index (χ3v) is 5.97. The van der Waals surface area contributed by atoms with Crippen molar-refractivity contribution in [3.8, 4) is 0 Å². The van der Waals surface area contributed by atoms with E-state index in [1.54, 1.807) is 0 Å². The Morgan fingerprint density at radius 2 is 2.19 bits per heavy atom. The predicted molar refractivity (Wildman–Crippen MR) is 84.2 cm³/mol. The minimum Gasteiger partial charge on any atom is -0.354 e. The van der Waals surface area contributed by atoms with Crippen LogP contribution in [0, 0.1) is 11.3 Å². The van der Waals surface area contributed by atoms with Gasteiger partial charge in [-0.05, 0) is 39.4 Å². The number of carbonyl (C=O) groups excluding carboxylic acids is 1. The molecule has 2 aliphatic heterocycles. The fourth-order valence-electron chi connectivity index (χ4n) is 4.40. The van der Waals surface area contributed by atoms with Crippen LogP contribution in [-0.4, -0.2) is 75.1 Å². The lowest BCUT2D eigenvalue weighted by molar-refractivity contribution is -0.134. The lowest BCUT2D eigenvalue weighted by atomic mass is 9.67.